The summed E-state index contributed by atoms with van der Waals surface area (Å²) in [5.74, 6) is -0.0694. The zero-order valence-corrected chi connectivity index (χ0v) is 10.2. The van der Waals surface area contributed by atoms with Crippen molar-refractivity contribution in [2.75, 3.05) is 0 Å². The Bertz CT molecular complexity index is 85.0. The van der Waals surface area contributed by atoms with E-state index in [4.69, 9.17) is 4.74 Å². The van der Waals surface area contributed by atoms with E-state index >= 15 is 0 Å². The van der Waals surface area contributed by atoms with Crippen LogP contribution in [0.15, 0.2) is 0 Å². The number of rotatable bonds is 2. The van der Waals surface area contributed by atoms with Gasteiger partial charge in [0.25, 0.3) is 0 Å². The predicted octanol–water partition coefficient (Wildman–Crippen LogP) is -2.09. The molecule has 0 aromatic carbocycles. The van der Waals surface area contributed by atoms with Crippen LogP contribution in [0.3, 0.4) is 0 Å². The van der Waals surface area contributed by atoms with Gasteiger partial charge in [-0.1, -0.05) is 0 Å². The third-order valence-corrected chi connectivity index (χ3v) is 1.43. The van der Waals surface area contributed by atoms with E-state index in [9.17, 15) is 4.79 Å². The maximum absolute atomic E-state index is 10.4. The van der Waals surface area contributed by atoms with E-state index in [1.54, 1.807) is 0 Å². The van der Waals surface area contributed by atoms with Crippen LogP contribution in [0.2, 0.25) is 5.02 Å². The Balaban J connectivity index is 0. The quantitative estimate of drug-likeness (QED) is 0.412. The molecule has 9 heavy (non-hydrogen) atoms. The molecule has 0 bridgehead atoms. The average Bonchev–Trinajstić information content (AvgIpc) is 1.65. The second-order valence-electron chi connectivity index (χ2n) is 1.79. The van der Waals surface area contributed by atoms with Gasteiger partial charge in [0.15, 0.2) is 0 Å². The van der Waals surface area contributed by atoms with Gasteiger partial charge < -0.3 is 17.0 Å². The molecule has 0 amide bonds. The van der Waals surface area contributed by atoms with E-state index in [1.807, 2.05) is 13.8 Å². The molecule has 0 unspecified atom stereocenters. The minimum atomic E-state index is -0.0694. The largest absolute Gasteiger partial charge is 1.00 e. The molecule has 0 rings (SSSR count). The van der Waals surface area contributed by atoms with Gasteiger partial charge in [-0.2, -0.15) is 0 Å². The monoisotopic (exact) mass is 244 g/mol. The maximum atomic E-state index is 10.4. The number of halogens is 1. The summed E-state index contributed by atoms with van der Waals surface area (Å²) in [5, 5.41) is 0.595. The number of ether oxygens (including phenoxy) is 1. The fraction of sp³-hybridized carbons (Fsp3) is 0.800. The zero-order chi connectivity index (χ0) is 6.57. The van der Waals surface area contributed by atoms with E-state index in [1.165, 1.54) is 0 Å². The van der Waals surface area contributed by atoms with Gasteiger partial charge in [0.1, 0.15) is 0 Å². The molecule has 0 heterocycles. The molecule has 0 atom stereocenters. The first kappa shape index (κ1) is 12.3. The molecular weight excluding hydrogens is 237 g/mol. The van der Waals surface area contributed by atoms with Crippen LogP contribution in [-0.2, 0) is 27.8 Å². The minimum Gasteiger partial charge on any atom is -1.00 e. The number of hydrogen-bond donors (Lipinski definition) is 0. The van der Waals surface area contributed by atoms with Crippen molar-refractivity contribution in [2.24, 2.45) is 0 Å². The van der Waals surface area contributed by atoms with Crippen molar-refractivity contribution < 1.29 is 44.8 Å². The van der Waals surface area contributed by atoms with Gasteiger partial charge in [-0.15, -0.1) is 0 Å². The molecule has 50 valence electrons. The summed E-state index contributed by atoms with van der Waals surface area (Å²) < 4.78 is 4.79. The molecule has 0 aliphatic heterocycles. The Kier molecular flexibility index (Phi) is 9.12. The van der Waals surface area contributed by atoms with Crippen LogP contribution < -0.4 is 17.0 Å². The van der Waals surface area contributed by atoms with Crippen LogP contribution >= 0.6 is 0 Å². The number of carbonyl (C=O) groups is 1. The maximum Gasteiger partial charge on any atom is -1.00 e. The van der Waals surface area contributed by atoms with Gasteiger partial charge in [-0.3, -0.25) is 0 Å². The third kappa shape index (κ3) is 8.57. The molecule has 4 heteroatoms. The van der Waals surface area contributed by atoms with Crippen LogP contribution in [0.1, 0.15) is 13.8 Å². The van der Waals surface area contributed by atoms with Gasteiger partial charge in [0.2, 0.25) is 0 Å². The van der Waals surface area contributed by atoms with E-state index in [0.29, 0.717) is 5.02 Å². The molecule has 0 aromatic heterocycles. The smallest absolute Gasteiger partial charge is 1.00 e. The van der Waals surface area contributed by atoms with Gasteiger partial charge in [-0.25, -0.2) is 0 Å². The molecule has 0 saturated carbocycles. The zero-order valence-electron chi connectivity index (χ0n) is 5.69. The van der Waals surface area contributed by atoms with E-state index in [-0.39, 0.29) is 29.1 Å². The minimum absolute atomic E-state index is 0. The van der Waals surface area contributed by atoms with Crippen molar-refractivity contribution in [1.82, 2.24) is 0 Å². The van der Waals surface area contributed by atoms with Crippen LogP contribution in [-0.4, -0.2) is 12.1 Å². The van der Waals surface area contributed by atoms with Crippen molar-refractivity contribution in [3.63, 3.8) is 0 Å². The Morgan fingerprint density at radius 2 is 2.11 bits per heavy atom. The van der Waals surface area contributed by atoms with Crippen molar-refractivity contribution in [3.8, 4) is 0 Å². The predicted molar refractivity (Wildman–Crippen MR) is 26.0 cm³/mol. The Labute approximate surface area is 75.8 Å². The summed E-state index contributed by atoms with van der Waals surface area (Å²) in [7, 11) is 0. The van der Waals surface area contributed by atoms with Crippen LogP contribution in [0.5, 0.6) is 0 Å². The van der Waals surface area contributed by atoms with E-state index < -0.39 is 0 Å². The Morgan fingerprint density at radius 1 is 1.67 bits per heavy atom. The normalized spacial score (nSPS) is 8.56. The molecule has 0 radical (unpaired) electrons. The van der Waals surface area contributed by atoms with Crippen molar-refractivity contribution >= 4 is 5.97 Å². The summed E-state index contributed by atoms with van der Waals surface area (Å²) in [5.41, 5.74) is 0. The SMILES string of the molecule is CC(C)OC(=O)[CH2][Zn+].[Br-]. The summed E-state index contributed by atoms with van der Waals surface area (Å²) in [6, 6.07) is 0. The summed E-state index contributed by atoms with van der Waals surface area (Å²) in [6.45, 7) is 3.71. The molecule has 0 saturated heterocycles. The molecule has 0 spiro atoms. The van der Waals surface area contributed by atoms with Crippen LogP contribution in [0.25, 0.3) is 0 Å². The molecule has 0 aromatic rings. The molecule has 0 N–H and O–H groups in total. The first-order chi connectivity index (χ1) is 3.66. The topological polar surface area (TPSA) is 26.3 Å². The second kappa shape index (κ2) is 6.69. The fourth-order valence-electron chi connectivity index (χ4n) is 0.322. The summed E-state index contributed by atoms with van der Waals surface area (Å²) in [6.07, 6.45) is 0.0500. The summed E-state index contributed by atoms with van der Waals surface area (Å²) in [4.78, 5) is 10.4. The molecule has 0 fully saturated rings. The average molecular weight is 246 g/mol. The first-order valence-electron chi connectivity index (χ1n) is 2.65. The Hall–Kier alpha value is 0.573. The fourth-order valence-corrected chi connectivity index (χ4v) is 0.569. The van der Waals surface area contributed by atoms with Crippen molar-refractivity contribution in [3.05, 3.63) is 0 Å². The standard InChI is InChI=1S/C5H9O2.BrH.Zn/c1-4(2)7-5(3)6;;/h4H,3H2,1-2H3;1H;/q;;+1/p-1. The van der Waals surface area contributed by atoms with Crippen LogP contribution in [0, 0.1) is 0 Å². The molecule has 0 aliphatic rings. The van der Waals surface area contributed by atoms with Crippen molar-refractivity contribution in [2.45, 2.75) is 25.0 Å². The van der Waals surface area contributed by atoms with E-state index in [2.05, 4.69) is 0 Å². The first-order valence-corrected chi connectivity index (χ1v) is 4.75. The number of hydrogen-bond acceptors (Lipinski definition) is 2. The van der Waals surface area contributed by atoms with Gasteiger partial charge in [-0.05, 0) is 0 Å². The molecule has 2 nitrogen and oxygen atoms in total. The number of esters is 1. The van der Waals surface area contributed by atoms with Crippen LogP contribution in [0.4, 0.5) is 0 Å². The third-order valence-electron chi connectivity index (χ3n) is 0.571. The second-order valence-corrected chi connectivity index (χ2v) is 2.84. The van der Waals surface area contributed by atoms with Gasteiger partial charge >= 0.3 is 58.8 Å². The van der Waals surface area contributed by atoms with Gasteiger partial charge in [0.05, 0.1) is 0 Å². The molecule has 0 aliphatic carbocycles. The van der Waals surface area contributed by atoms with Gasteiger partial charge in [0, 0.05) is 0 Å². The Morgan fingerprint density at radius 3 is 2.22 bits per heavy atom. The van der Waals surface area contributed by atoms with Crippen molar-refractivity contribution in [1.29, 1.82) is 0 Å². The van der Waals surface area contributed by atoms with E-state index in [0.717, 1.165) is 18.3 Å². The summed E-state index contributed by atoms with van der Waals surface area (Å²) >= 11 is 0.992. The number of carbonyl (C=O) groups excluding carboxylic acids is 1. The molecular formula is C5H9BrO2Zn.